The molecule has 23 heavy (non-hydrogen) atoms. The second-order valence-electron chi connectivity index (χ2n) is 5.72. The fraction of sp³-hybridized carbons (Fsp3) is 0.412. The number of amides is 1. The summed E-state index contributed by atoms with van der Waals surface area (Å²) < 4.78 is 0. The lowest BCUT2D eigenvalue weighted by molar-refractivity contribution is -0.126. The van der Waals surface area contributed by atoms with E-state index in [1.165, 1.54) is 0 Å². The van der Waals surface area contributed by atoms with Crippen LogP contribution >= 0.6 is 11.3 Å². The van der Waals surface area contributed by atoms with Gasteiger partial charge < -0.3 is 10.2 Å². The van der Waals surface area contributed by atoms with Crippen molar-refractivity contribution in [1.82, 2.24) is 15.2 Å². The summed E-state index contributed by atoms with van der Waals surface area (Å²) in [6.07, 6.45) is 1.84. The van der Waals surface area contributed by atoms with Crippen LogP contribution in [0.25, 0.3) is 0 Å². The molecular weight excluding hydrogens is 308 g/mol. The number of hydrogen-bond acceptors (Lipinski definition) is 5. The van der Waals surface area contributed by atoms with Gasteiger partial charge in [0.2, 0.25) is 5.91 Å². The Bertz CT molecular complexity index is 609. The van der Waals surface area contributed by atoms with Crippen LogP contribution in [-0.2, 0) is 11.3 Å². The number of nitrogens with one attached hydrogen (secondary N) is 1. The molecule has 0 spiro atoms. The Hall–Kier alpha value is -1.92. The predicted octanol–water partition coefficient (Wildman–Crippen LogP) is 1.97. The number of benzene rings is 1. The third-order valence-corrected chi connectivity index (χ3v) is 5.07. The first-order chi connectivity index (χ1) is 11.2. The van der Waals surface area contributed by atoms with Crippen molar-refractivity contribution < 1.29 is 4.79 Å². The van der Waals surface area contributed by atoms with Crippen LogP contribution in [0.15, 0.2) is 41.9 Å². The monoisotopic (exact) mass is 330 g/mol. The van der Waals surface area contributed by atoms with Gasteiger partial charge >= 0.3 is 0 Å². The van der Waals surface area contributed by atoms with Crippen LogP contribution in [0.5, 0.6) is 0 Å². The molecule has 1 aromatic carbocycles. The van der Waals surface area contributed by atoms with Crippen molar-refractivity contribution in [2.75, 3.05) is 31.1 Å². The highest BCUT2D eigenvalue weighted by molar-refractivity contribution is 7.13. The summed E-state index contributed by atoms with van der Waals surface area (Å²) in [6, 6.07) is 9.91. The third-order valence-electron chi connectivity index (χ3n) is 4.24. The van der Waals surface area contributed by atoms with E-state index in [4.69, 9.17) is 0 Å². The van der Waals surface area contributed by atoms with Crippen LogP contribution < -0.4 is 10.2 Å². The fourth-order valence-corrected chi connectivity index (χ4v) is 3.47. The molecule has 2 heterocycles. The van der Waals surface area contributed by atoms with E-state index in [0.717, 1.165) is 36.9 Å². The number of carbonyl (C=O) groups excluding carboxylic acids is 1. The molecule has 0 radical (unpaired) electrons. The predicted molar refractivity (Wildman–Crippen MR) is 93.7 cm³/mol. The standard InChI is InChI=1S/C17H22N4OS/c1-14(16(22)19-13-15-5-3-2-4-6-15)20-8-10-21(11-9-20)17-18-7-12-23-17/h2-7,12,14H,8-11,13H2,1H3,(H,19,22)/t14-/m1/s1. The van der Waals surface area contributed by atoms with E-state index < -0.39 is 0 Å². The van der Waals surface area contributed by atoms with Gasteiger partial charge in [0.05, 0.1) is 6.04 Å². The first-order valence-electron chi connectivity index (χ1n) is 7.94. The molecule has 1 amide bonds. The van der Waals surface area contributed by atoms with Crippen LogP contribution in [0.2, 0.25) is 0 Å². The lowest BCUT2D eigenvalue weighted by atomic mass is 10.2. The highest BCUT2D eigenvalue weighted by atomic mass is 32.1. The second kappa shape index (κ2) is 7.57. The van der Waals surface area contributed by atoms with E-state index in [-0.39, 0.29) is 11.9 Å². The molecule has 0 saturated carbocycles. The molecule has 0 aliphatic carbocycles. The van der Waals surface area contributed by atoms with E-state index in [1.54, 1.807) is 11.3 Å². The summed E-state index contributed by atoms with van der Waals surface area (Å²) in [7, 11) is 0. The van der Waals surface area contributed by atoms with Crippen molar-refractivity contribution in [2.24, 2.45) is 0 Å². The maximum Gasteiger partial charge on any atom is 0.237 e. The third kappa shape index (κ3) is 4.09. The Morgan fingerprint density at radius 1 is 1.26 bits per heavy atom. The van der Waals surface area contributed by atoms with Crippen LogP contribution in [0, 0.1) is 0 Å². The average Bonchev–Trinajstić information content (AvgIpc) is 3.15. The van der Waals surface area contributed by atoms with E-state index in [1.807, 2.05) is 48.8 Å². The number of piperazine rings is 1. The molecule has 1 saturated heterocycles. The summed E-state index contributed by atoms with van der Waals surface area (Å²) in [5.41, 5.74) is 1.13. The molecular formula is C17H22N4OS. The molecule has 0 bridgehead atoms. The molecule has 122 valence electrons. The van der Waals surface area contributed by atoms with Crippen molar-refractivity contribution in [3.8, 4) is 0 Å². The number of anilines is 1. The Morgan fingerprint density at radius 2 is 2.00 bits per heavy atom. The van der Waals surface area contributed by atoms with Crippen molar-refractivity contribution in [3.05, 3.63) is 47.5 Å². The number of carbonyl (C=O) groups is 1. The van der Waals surface area contributed by atoms with Gasteiger partial charge in [-0.05, 0) is 12.5 Å². The normalized spacial score (nSPS) is 17.0. The van der Waals surface area contributed by atoms with Crippen molar-refractivity contribution in [3.63, 3.8) is 0 Å². The largest absolute Gasteiger partial charge is 0.351 e. The van der Waals surface area contributed by atoms with Gasteiger partial charge in [-0.25, -0.2) is 4.98 Å². The zero-order valence-corrected chi connectivity index (χ0v) is 14.1. The minimum atomic E-state index is -0.0999. The number of hydrogen-bond donors (Lipinski definition) is 1. The molecule has 1 aliphatic rings. The Labute approximate surface area is 140 Å². The van der Waals surface area contributed by atoms with Gasteiger partial charge in [-0.2, -0.15) is 0 Å². The maximum absolute atomic E-state index is 12.3. The zero-order chi connectivity index (χ0) is 16.1. The minimum Gasteiger partial charge on any atom is -0.351 e. The van der Waals surface area contributed by atoms with E-state index in [0.29, 0.717) is 6.54 Å². The molecule has 1 fully saturated rings. The molecule has 0 unspecified atom stereocenters. The smallest absolute Gasteiger partial charge is 0.237 e. The highest BCUT2D eigenvalue weighted by Gasteiger charge is 2.26. The molecule has 1 aliphatic heterocycles. The summed E-state index contributed by atoms with van der Waals surface area (Å²) in [6.45, 7) is 6.19. The highest BCUT2D eigenvalue weighted by Crippen LogP contribution is 2.19. The first kappa shape index (κ1) is 16.0. The van der Waals surface area contributed by atoms with Crippen LogP contribution in [-0.4, -0.2) is 48.0 Å². The van der Waals surface area contributed by atoms with Crippen LogP contribution in [0.4, 0.5) is 5.13 Å². The average molecular weight is 330 g/mol. The maximum atomic E-state index is 12.3. The van der Waals surface area contributed by atoms with Gasteiger partial charge in [-0.15, -0.1) is 11.3 Å². The quantitative estimate of drug-likeness (QED) is 0.911. The van der Waals surface area contributed by atoms with Gasteiger partial charge in [0.25, 0.3) is 0 Å². The summed E-state index contributed by atoms with van der Waals surface area (Å²) in [4.78, 5) is 21.2. The number of thiazole rings is 1. The minimum absolute atomic E-state index is 0.0940. The van der Waals surface area contributed by atoms with E-state index >= 15 is 0 Å². The topological polar surface area (TPSA) is 48.5 Å². The van der Waals surface area contributed by atoms with Gasteiger partial charge in [0.15, 0.2) is 5.13 Å². The van der Waals surface area contributed by atoms with E-state index in [2.05, 4.69) is 20.1 Å². The molecule has 2 aromatic rings. The summed E-state index contributed by atoms with van der Waals surface area (Å²) >= 11 is 1.67. The molecule has 1 atom stereocenters. The lowest BCUT2D eigenvalue weighted by Gasteiger charge is -2.37. The summed E-state index contributed by atoms with van der Waals surface area (Å²) in [5.74, 6) is 0.0940. The molecule has 5 nitrogen and oxygen atoms in total. The molecule has 6 heteroatoms. The van der Waals surface area contributed by atoms with E-state index in [9.17, 15) is 4.79 Å². The first-order valence-corrected chi connectivity index (χ1v) is 8.82. The van der Waals surface area contributed by atoms with Gasteiger partial charge in [0.1, 0.15) is 0 Å². The van der Waals surface area contributed by atoms with Crippen molar-refractivity contribution in [1.29, 1.82) is 0 Å². The number of rotatable bonds is 5. The molecule has 3 rings (SSSR count). The number of aromatic nitrogens is 1. The number of nitrogens with zero attached hydrogens (tertiary/aromatic N) is 3. The Kier molecular flexibility index (Phi) is 5.25. The van der Waals surface area contributed by atoms with Crippen molar-refractivity contribution in [2.45, 2.75) is 19.5 Å². The lowest BCUT2D eigenvalue weighted by Crippen LogP contribution is -2.53. The fourth-order valence-electron chi connectivity index (χ4n) is 2.77. The molecule has 1 aromatic heterocycles. The summed E-state index contributed by atoms with van der Waals surface area (Å²) in [5, 5.41) is 6.11. The van der Waals surface area contributed by atoms with Gasteiger partial charge in [0, 0.05) is 44.3 Å². The van der Waals surface area contributed by atoms with Gasteiger partial charge in [-0.1, -0.05) is 30.3 Å². The Balaban J connectivity index is 1.47. The molecule has 1 N–H and O–H groups in total. The van der Waals surface area contributed by atoms with Crippen LogP contribution in [0.3, 0.4) is 0 Å². The van der Waals surface area contributed by atoms with Gasteiger partial charge in [-0.3, -0.25) is 9.69 Å². The van der Waals surface area contributed by atoms with Crippen LogP contribution in [0.1, 0.15) is 12.5 Å². The van der Waals surface area contributed by atoms with Crippen molar-refractivity contribution >= 4 is 22.4 Å². The zero-order valence-electron chi connectivity index (χ0n) is 13.3. The second-order valence-corrected chi connectivity index (χ2v) is 6.59. The Morgan fingerprint density at radius 3 is 2.65 bits per heavy atom. The SMILES string of the molecule is C[C@H](C(=O)NCc1ccccc1)N1CCN(c2nccs2)CC1.